The number of anilines is 2. The van der Waals surface area contributed by atoms with Crippen LogP contribution in [0.3, 0.4) is 0 Å². The van der Waals surface area contributed by atoms with E-state index in [1.807, 2.05) is 24.3 Å². The maximum atomic E-state index is 11.2. The molecule has 0 heterocycles. The lowest BCUT2D eigenvalue weighted by Gasteiger charge is -2.19. The molecule has 0 bridgehead atoms. The molecule has 0 atom stereocenters. The van der Waals surface area contributed by atoms with Crippen LogP contribution in [0.5, 0.6) is 17.2 Å². The molecule has 0 aliphatic heterocycles. The molecule has 0 aliphatic rings. The van der Waals surface area contributed by atoms with E-state index >= 15 is 0 Å². The van der Waals surface area contributed by atoms with Crippen LogP contribution in [0.4, 0.5) is 11.4 Å². The zero-order valence-corrected chi connectivity index (χ0v) is 13.8. The largest absolute Gasteiger partial charge is 0.506 e. The first kappa shape index (κ1) is 16.7. The van der Waals surface area contributed by atoms with Gasteiger partial charge < -0.3 is 20.9 Å². The van der Waals surface area contributed by atoms with Crippen molar-refractivity contribution in [3.05, 3.63) is 42.0 Å². The Morgan fingerprint density at radius 1 is 1.17 bits per heavy atom. The molecule has 23 heavy (non-hydrogen) atoms. The third kappa shape index (κ3) is 4.16. The highest BCUT2D eigenvalue weighted by molar-refractivity contribution is 5.91. The Hall–Kier alpha value is -2.69. The summed E-state index contributed by atoms with van der Waals surface area (Å²) in [6, 6.07) is 10.6. The fourth-order valence-electron chi connectivity index (χ4n) is 2.11. The number of phenols is 1. The molecule has 0 saturated carbocycles. The lowest BCUT2D eigenvalue weighted by molar-refractivity contribution is -0.114. The fourth-order valence-corrected chi connectivity index (χ4v) is 2.11. The highest BCUT2D eigenvalue weighted by Gasteiger charge is 2.14. The summed E-state index contributed by atoms with van der Waals surface area (Å²) in [5.41, 5.74) is 7.68. The van der Waals surface area contributed by atoms with Gasteiger partial charge in [-0.1, -0.05) is 32.9 Å². The van der Waals surface area contributed by atoms with Crippen molar-refractivity contribution in [3.8, 4) is 17.2 Å². The third-order valence-corrected chi connectivity index (χ3v) is 3.39. The summed E-state index contributed by atoms with van der Waals surface area (Å²) in [6.07, 6.45) is 0. The third-order valence-electron chi connectivity index (χ3n) is 3.39. The van der Waals surface area contributed by atoms with Crippen molar-refractivity contribution >= 4 is 17.3 Å². The Bertz CT molecular complexity index is 716. The van der Waals surface area contributed by atoms with Crippen LogP contribution in [0.25, 0.3) is 0 Å². The van der Waals surface area contributed by atoms with Crippen molar-refractivity contribution in [2.24, 2.45) is 0 Å². The lowest BCUT2D eigenvalue weighted by Crippen LogP contribution is -2.10. The van der Waals surface area contributed by atoms with E-state index in [9.17, 15) is 9.90 Å². The second-order valence-corrected chi connectivity index (χ2v) is 6.46. The molecule has 2 aromatic carbocycles. The highest BCUT2D eigenvalue weighted by Crippen LogP contribution is 2.36. The number of rotatable bonds is 3. The van der Waals surface area contributed by atoms with Crippen LogP contribution < -0.4 is 15.8 Å². The first-order valence-corrected chi connectivity index (χ1v) is 7.35. The van der Waals surface area contributed by atoms with Crippen molar-refractivity contribution in [2.45, 2.75) is 33.1 Å². The molecule has 5 heteroatoms. The number of nitrogens with two attached hydrogens (primary N) is 1. The molecule has 4 N–H and O–H groups in total. The summed E-state index contributed by atoms with van der Waals surface area (Å²) >= 11 is 0. The molecule has 2 rings (SSSR count). The molecule has 0 spiro atoms. The summed E-state index contributed by atoms with van der Waals surface area (Å²) < 4.78 is 5.77. The van der Waals surface area contributed by atoms with Crippen molar-refractivity contribution in [1.82, 2.24) is 0 Å². The van der Waals surface area contributed by atoms with Gasteiger partial charge in [0.15, 0.2) is 5.75 Å². The zero-order valence-electron chi connectivity index (χ0n) is 13.8. The summed E-state index contributed by atoms with van der Waals surface area (Å²) in [7, 11) is 0. The van der Waals surface area contributed by atoms with Gasteiger partial charge in [0, 0.05) is 19.1 Å². The van der Waals surface area contributed by atoms with Gasteiger partial charge in [-0.05, 0) is 23.1 Å². The van der Waals surface area contributed by atoms with E-state index in [4.69, 9.17) is 10.5 Å². The molecule has 0 unspecified atom stereocenters. The molecule has 0 radical (unpaired) electrons. The van der Waals surface area contributed by atoms with E-state index < -0.39 is 0 Å². The predicted molar refractivity (Wildman–Crippen MR) is 92.0 cm³/mol. The maximum absolute atomic E-state index is 11.2. The van der Waals surface area contributed by atoms with Crippen molar-refractivity contribution < 1.29 is 14.6 Å². The number of carbonyl (C=O) groups excluding carboxylic acids is 1. The van der Waals surface area contributed by atoms with Crippen LogP contribution in [0.15, 0.2) is 36.4 Å². The number of nitrogens with one attached hydrogen (secondary N) is 1. The van der Waals surface area contributed by atoms with Gasteiger partial charge in [0.05, 0.1) is 11.4 Å². The summed E-state index contributed by atoms with van der Waals surface area (Å²) in [5.74, 6) is 0.609. The SMILES string of the molecule is CC(=O)Nc1cc(Oc2ccc(C(C)(C)C)cc2)c(N)cc1O. The number of amides is 1. The maximum Gasteiger partial charge on any atom is 0.221 e. The number of ether oxygens (including phenoxy) is 1. The Kier molecular flexibility index (Phi) is 4.50. The molecule has 5 nitrogen and oxygen atoms in total. The minimum atomic E-state index is -0.287. The quantitative estimate of drug-likeness (QED) is 0.590. The Morgan fingerprint density at radius 3 is 2.30 bits per heavy atom. The van der Waals surface area contributed by atoms with Crippen LogP contribution in [-0.2, 0) is 10.2 Å². The molecule has 122 valence electrons. The second-order valence-electron chi connectivity index (χ2n) is 6.46. The lowest BCUT2D eigenvalue weighted by atomic mass is 9.87. The molecule has 0 fully saturated rings. The molecule has 2 aromatic rings. The van der Waals surface area contributed by atoms with Crippen molar-refractivity contribution in [2.75, 3.05) is 11.1 Å². The van der Waals surface area contributed by atoms with Crippen LogP contribution >= 0.6 is 0 Å². The van der Waals surface area contributed by atoms with Gasteiger partial charge in [0.1, 0.15) is 11.5 Å². The first-order chi connectivity index (χ1) is 10.7. The average molecular weight is 314 g/mol. The van der Waals surface area contributed by atoms with E-state index in [-0.39, 0.29) is 28.4 Å². The average Bonchev–Trinajstić information content (AvgIpc) is 2.43. The normalized spacial score (nSPS) is 11.1. The van der Waals surface area contributed by atoms with E-state index in [2.05, 4.69) is 26.1 Å². The molecule has 0 aromatic heterocycles. The van der Waals surface area contributed by atoms with Crippen molar-refractivity contribution in [1.29, 1.82) is 0 Å². The topological polar surface area (TPSA) is 84.6 Å². The summed E-state index contributed by atoms with van der Waals surface area (Å²) in [4.78, 5) is 11.2. The first-order valence-electron chi connectivity index (χ1n) is 7.35. The van der Waals surface area contributed by atoms with Gasteiger partial charge >= 0.3 is 0 Å². The smallest absolute Gasteiger partial charge is 0.221 e. The van der Waals surface area contributed by atoms with Gasteiger partial charge in [0.25, 0.3) is 0 Å². The monoisotopic (exact) mass is 314 g/mol. The number of hydrogen-bond acceptors (Lipinski definition) is 4. The number of phenolic OH excluding ortho intramolecular Hbond substituents is 1. The van der Waals surface area contributed by atoms with Gasteiger partial charge in [-0.3, -0.25) is 4.79 Å². The number of nitrogen functional groups attached to an aromatic ring is 1. The van der Waals surface area contributed by atoms with Gasteiger partial charge in [-0.2, -0.15) is 0 Å². The predicted octanol–water partition coefficient (Wildman–Crippen LogP) is 4.02. The zero-order chi connectivity index (χ0) is 17.2. The minimum Gasteiger partial charge on any atom is -0.506 e. The van der Waals surface area contributed by atoms with Crippen molar-refractivity contribution in [3.63, 3.8) is 0 Å². The molecular formula is C18H22N2O3. The van der Waals surface area contributed by atoms with Gasteiger partial charge in [0.2, 0.25) is 5.91 Å². The molecule has 0 saturated heterocycles. The van der Waals surface area contributed by atoms with E-state index in [0.29, 0.717) is 11.5 Å². The number of hydrogen-bond donors (Lipinski definition) is 3. The Labute approximate surface area is 136 Å². The molecular weight excluding hydrogens is 292 g/mol. The van der Waals surface area contributed by atoms with E-state index in [1.165, 1.54) is 24.6 Å². The van der Waals surface area contributed by atoms with E-state index in [0.717, 1.165) is 0 Å². The highest BCUT2D eigenvalue weighted by atomic mass is 16.5. The second kappa shape index (κ2) is 6.20. The number of benzene rings is 2. The standard InChI is InChI=1S/C18H22N2O3/c1-11(21)20-15-10-17(14(19)9-16(15)22)23-13-7-5-12(6-8-13)18(2,3)4/h5-10,22H,19H2,1-4H3,(H,20,21). The molecule has 0 aliphatic carbocycles. The van der Waals surface area contributed by atoms with Crippen LogP contribution in [0, 0.1) is 0 Å². The minimum absolute atomic E-state index is 0.0642. The summed E-state index contributed by atoms with van der Waals surface area (Å²) in [5, 5.41) is 12.3. The van der Waals surface area contributed by atoms with Gasteiger partial charge in [-0.25, -0.2) is 0 Å². The number of aromatic hydroxyl groups is 1. The van der Waals surface area contributed by atoms with Crippen LogP contribution in [0.1, 0.15) is 33.3 Å². The van der Waals surface area contributed by atoms with Crippen LogP contribution in [-0.4, -0.2) is 11.0 Å². The van der Waals surface area contributed by atoms with Gasteiger partial charge in [-0.15, -0.1) is 0 Å². The van der Waals surface area contributed by atoms with Crippen LogP contribution in [0.2, 0.25) is 0 Å². The Morgan fingerprint density at radius 2 is 1.78 bits per heavy atom. The molecule has 1 amide bonds. The summed E-state index contributed by atoms with van der Waals surface area (Å²) in [6.45, 7) is 7.78. The fraction of sp³-hybridized carbons (Fsp3) is 0.278. The Balaban J connectivity index is 2.27. The van der Waals surface area contributed by atoms with E-state index in [1.54, 1.807) is 0 Å². The number of carbonyl (C=O) groups is 1.